The summed E-state index contributed by atoms with van der Waals surface area (Å²) in [4.78, 5) is 0. The normalized spacial score (nSPS) is 6.00. The number of hydrogen-bond acceptors (Lipinski definition) is 1. The maximum Gasteiger partial charge on any atom is 0 e. The van der Waals surface area contributed by atoms with Gasteiger partial charge >= 0.3 is 0 Å². The minimum atomic E-state index is 0. The minimum absolute atomic E-state index is 0. The summed E-state index contributed by atoms with van der Waals surface area (Å²) in [6, 6.07) is 12.5. The molecule has 1 unspecified atom stereocenters. The fourth-order valence-electron chi connectivity index (χ4n) is 0.342. The summed E-state index contributed by atoms with van der Waals surface area (Å²) in [6.07, 6.45) is 0. The van der Waals surface area contributed by atoms with Crippen molar-refractivity contribution in [1.82, 2.24) is 0 Å². The van der Waals surface area contributed by atoms with Gasteiger partial charge in [0, 0.05) is 20.4 Å². The van der Waals surface area contributed by atoms with Gasteiger partial charge in [0.05, 0.1) is 0 Å². The van der Waals surface area contributed by atoms with Crippen molar-refractivity contribution in [2.45, 2.75) is 6.92 Å². The summed E-state index contributed by atoms with van der Waals surface area (Å²) < 4.78 is 0. The Bertz CT molecular complexity index is 96.9. The van der Waals surface area contributed by atoms with E-state index in [0.717, 1.165) is 6.54 Å². The molecule has 0 fully saturated rings. The van der Waals surface area contributed by atoms with E-state index in [4.69, 9.17) is 5.73 Å². The van der Waals surface area contributed by atoms with Crippen molar-refractivity contribution in [1.29, 1.82) is 0 Å². The number of hydrogen-bond donors (Lipinski definition) is 1. The molecule has 2 N–H and O–H groups in total. The third kappa shape index (κ3) is 17.9. The second kappa shape index (κ2) is 16.7. The minimum Gasteiger partial charge on any atom is -0.331 e. The van der Waals surface area contributed by atoms with Crippen LogP contribution in [0.1, 0.15) is 6.92 Å². The van der Waals surface area contributed by atoms with Crippen LogP contribution in [0.4, 0.5) is 0 Å². The van der Waals surface area contributed by atoms with Crippen LogP contribution in [-0.4, -0.2) is 6.54 Å². The molecule has 0 saturated heterocycles. The summed E-state index contributed by atoms with van der Waals surface area (Å²) in [5.41, 5.74) is 4.85. The van der Waals surface area contributed by atoms with Gasteiger partial charge in [-0.3, -0.25) is 0 Å². The van der Waals surface area contributed by atoms with E-state index in [0.29, 0.717) is 0 Å². The summed E-state index contributed by atoms with van der Waals surface area (Å²) in [6.45, 7) is 2.65. The smallest absolute Gasteiger partial charge is 0 e. The number of benzene rings is 1. The van der Waals surface area contributed by atoms with Gasteiger partial charge in [0.15, 0.2) is 0 Å². The Kier molecular flexibility index (Phi) is 26.4. The van der Waals surface area contributed by atoms with Gasteiger partial charge in [-0.05, 0) is 6.54 Å². The van der Waals surface area contributed by atoms with Crippen LogP contribution in [0.2, 0.25) is 0 Å². The molecule has 1 atom stereocenters. The molecule has 0 radical (unpaired) electrons. The molecular formula is C8H15NPPd-. The zero-order valence-corrected chi connectivity index (χ0v) is 9.66. The zero-order chi connectivity index (χ0) is 6.95. The van der Waals surface area contributed by atoms with Crippen LogP contribution in [0.3, 0.4) is 0 Å². The van der Waals surface area contributed by atoms with E-state index in [1.807, 2.05) is 37.3 Å². The Labute approximate surface area is 86.0 Å². The van der Waals surface area contributed by atoms with E-state index in [2.05, 4.69) is 6.07 Å². The molecule has 0 aromatic heterocycles. The Morgan fingerprint density at radius 3 is 1.64 bits per heavy atom. The van der Waals surface area contributed by atoms with Crippen molar-refractivity contribution in [3.8, 4) is 0 Å². The Morgan fingerprint density at radius 2 is 1.55 bits per heavy atom. The van der Waals surface area contributed by atoms with Crippen LogP contribution < -0.4 is 5.73 Å². The first-order chi connectivity index (χ1) is 4.41. The fourth-order valence-corrected chi connectivity index (χ4v) is 0.342. The first-order valence-electron chi connectivity index (χ1n) is 3.03. The van der Waals surface area contributed by atoms with Gasteiger partial charge in [-0.1, -0.05) is 6.92 Å². The van der Waals surface area contributed by atoms with Gasteiger partial charge in [0.1, 0.15) is 0 Å². The van der Waals surface area contributed by atoms with Crippen LogP contribution in [0.15, 0.2) is 30.3 Å². The van der Waals surface area contributed by atoms with E-state index in [1.54, 1.807) is 0 Å². The van der Waals surface area contributed by atoms with E-state index in [1.165, 1.54) is 0 Å². The van der Waals surface area contributed by atoms with E-state index >= 15 is 0 Å². The maximum absolute atomic E-state index is 4.85. The van der Waals surface area contributed by atoms with Crippen LogP contribution in [0.25, 0.3) is 0 Å². The molecule has 0 aliphatic heterocycles. The Morgan fingerprint density at radius 1 is 1.18 bits per heavy atom. The first-order valence-corrected chi connectivity index (χ1v) is 3.03. The average Bonchev–Trinajstić information content (AvgIpc) is 1.93. The van der Waals surface area contributed by atoms with Crippen molar-refractivity contribution >= 4 is 9.90 Å². The topological polar surface area (TPSA) is 26.0 Å². The molecule has 68 valence electrons. The molecule has 1 aromatic carbocycles. The van der Waals surface area contributed by atoms with Crippen LogP contribution in [0.5, 0.6) is 0 Å². The predicted molar refractivity (Wildman–Crippen MR) is 51.1 cm³/mol. The van der Waals surface area contributed by atoms with Gasteiger partial charge < -0.3 is 5.73 Å². The Hall–Kier alpha value is 0.272. The molecular weight excluding hydrogens is 247 g/mol. The van der Waals surface area contributed by atoms with E-state index < -0.39 is 0 Å². The fraction of sp³-hybridized carbons (Fsp3) is 0.250. The van der Waals surface area contributed by atoms with Gasteiger partial charge in [-0.25, -0.2) is 0 Å². The number of nitrogens with two attached hydrogens (primary N) is 1. The number of rotatable bonds is 0. The molecule has 1 aromatic rings. The third-order valence-corrected chi connectivity index (χ3v) is 0.607. The SMILES string of the molecule is CCN.P.[Pd].[c-]1ccccc1. The standard InChI is InChI=1S/C6H5.C2H7N.H3P.Pd/c1-2-4-6-5-3-1;1-2-3;;/h1-5H;2-3H2,1H3;1H3;/q-1;;;. The van der Waals surface area contributed by atoms with Gasteiger partial charge in [-0.15, -0.1) is 0 Å². The quantitative estimate of drug-likeness (QED) is 0.428. The van der Waals surface area contributed by atoms with E-state index in [9.17, 15) is 0 Å². The van der Waals surface area contributed by atoms with Gasteiger partial charge in [0.2, 0.25) is 0 Å². The summed E-state index contributed by atoms with van der Waals surface area (Å²) >= 11 is 0. The zero-order valence-electron chi connectivity index (χ0n) is 6.69. The van der Waals surface area contributed by atoms with Crippen LogP contribution >= 0.6 is 9.90 Å². The third-order valence-electron chi connectivity index (χ3n) is 0.607. The average molecular weight is 263 g/mol. The second-order valence-corrected chi connectivity index (χ2v) is 1.49. The van der Waals surface area contributed by atoms with E-state index in [-0.39, 0.29) is 30.3 Å². The van der Waals surface area contributed by atoms with Crippen molar-refractivity contribution in [3.63, 3.8) is 0 Å². The van der Waals surface area contributed by atoms with Gasteiger partial charge in [-0.2, -0.15) is 46.3 Å². The van der Waals surface area contributed by atoms with Crippen molar-refractivity contribution in [2.75, 3.05) is 6.54 Å². The van der Waals surface area contributed by atoms with Crippen molar-refractivity contribution in [3.05, 3.63) is 36.4 Å². The monoisotopic (exact) mass is 262 g/mol. The molecule has 0 heterocycles. The largest absolute Gasteiger partial charge is 0.331 e. The van der Waals surface area contributed by atoms with Crippen molar-refractivity contribution < 1.29 is 20.4 Å². The molecule has 0 bridgehead atoms. The Balaban J connectivity index is -0.000000116. The molecule has 0 spiro atoms. The predicted octanol–water partition coefficient (Wildman–Crippen LogP) is 1.51. The van der Waals surface area contributed by atoms with Crippen LogP contribution in [-0.2, 0) is 20.4 Å². The molecule has 0 amide bonds. The molecule has 0 saturated carbocycles. The molecule has 0 aliphatic rings. The molecule has 3 heteroatoms. The van der Waals surface area contributed by atoms with Crippen LogP contribution in [0, 0.1) is 6.07 Å². The molecule has 0 aliphatic carbocycles. The van der Waals surface area contributed by atoms with Gasteiger partial charge in [0.25, 0.3) is 0 Å². The summed E-state index contributed by atoms with van der Waals surface area (Å²) in [5, 5.41) is 0. The molecule has 11 heavy (non-hydrogen) atoms. The summed E-state index contributed by atoms with van der Waals surface area (Å²) in [7, 11) is 0. The molecule has 1 rings (SSSR count). The molecule has 1 nitrogen and oxygen atoms in total. The first kappa shape index (κ1) is 17.4. The summed E-state index contributed by atoms with van der Waals surface area (Å²) in [5.74, 6) is 0. The second-order valence-electron chi connectivity index (χ2n) is 1.49. The maximum atomic E-state index is 4.85. The van der Waals surface area contributed by atoms with Crippen molar-refractivity contribution in [2.24, 2.45) is 5.73 Å².